The van der Waals surface area contributed by atoms with Gasteiger partial charge in [-0.1, -0.05) is 26.0 Å². The zero-order valence-corrected chi connectivity index (χ0v) is 20.8. The Morgan fingerprint density at radius 3 is 2.48 bits per heavy atom. The summed E-state index contributed by atoms with van der Waals surface area (Å²) >= 11 is 0. The number of methoxy groups -OCH3 is 1. The number of benzene rings is 1. The molecule has 1 aromatic carbocycles. The maximum atomic E-state index is 9.25. The van der Waals surface area contributed by atoms with Crippen molar-refractivity contribution < 1.29 is 14.6 Å². The molecule has 0 fully saturated rings. The molecule has 3 N–H and O–H groups in total. The zero-order chi connectivity index (χ0) is 20.6. The van der Waals surface area contributed by atoms with E-state index < -0.39 is 0 Å². The normalized spacial score (nSPS) is 12.4. The van der Waals surface area contributed by atoms with Gasteiger partial charge in [-0.05, 0) is 55.7 Å². The second kappa shape index (κ2) is 17.8. The van der Waals surface area contributed by atoms with Crippen molar-refractivity contribution in [3.63, 3.8) is 0 Å². The fraction of sp³-hybridized carbons (Fsp3) is 0.682. The molecular weight excluding hydrogens is 481 g/mol. The molecule has 0 aromatic heterocycles. The van der Waals surface area contributed by atoms with Gasteiger partial charge in [0.1, 0.15) is 5.75 Å². The number of guanidine groups is 1. The summed E-state index contributed by atoms with van der Waals surface area (Å²) in [6.45, 7) is 10.4. The van der Waals surface area contributed by atoms with Crippen LogP contribution in [-0.2, 0) is 11.3 Å². The summed E-state index contributed by atoms with van der Waals surface area (Å²) in [6, 6.07) is 7.94. The lowest BCUT2D eigenvalue weighted by Gasteiger charge is -2.17. The van der Waals surface area contributed by atoms with Crippen molar-refractivity contribution in [2.45, 2.75) is 46.6 Å². The van der Waals surface area contributed by atoms with Crippen molar-refractivity contribution in [3.8, 4) is 5.75 Å². The van der Waals surface area contributed by atoms with Crippen molar-refractivity contribution in [1.29, 1.82) is 0 Å². The molecule has 1 unspecified atom stereocenters. The van der Waals surface area contributed by atoms with E-state index in [0.717, 1.165) is 56.2 Å². The van der Waals surface area contributed by atoms with Gasteiger partial charge in [0.25, 0.3) is 0 Å². The molecule has 0 spiro atoms. The first-order valence-electron chi connectivity index (χ1n) is 10.4. The van der Waals surface area contributed by atoms with E-state index in [4.69, 9.17) is 14.5 Å². The molecule has 0 heterocycles. The van der Waals surface area contributed by atoms with E-state index in [1.165, 1.54) is 0 Å². The lowest BCUT2D eigenvalue weighted by molar-refractivity contribution is 0.119. The fourth-order valence-corrected chi connectivity index (χ4v) is 2.99. The first kappa shape index (κ1) is 27.9. The minimum Gasteiger partial charge on any atom is -0.497 e. The standard InChI is InChI=1S/C22H39N3O3.HI/c1-5-23-22(25-16-20(11-13-26)15-18(2)3)24-12-6-14-28-17-19-7-9-21(27-4)10-8-19;/h7-10,18,20,26H,5-6,11-17H2,1-4H3,(H2,23,24,25);1H. The zero-order valence-electron chi connectivity index (χ0n) is 18.4. The maximum Gasteiger partial charge on any atom is 0.191 e. The Morgan fingerprint density at radius 2 is 1.90 bits per heavy atom. The molecular formula is C22H40IN3O3. The summed E-state index contributed by atoms with van der Waals surface area (Å²) in [5.74, 6) is 2.74. The molecule has 29 heavy (non-hydrogen) atoms. The summed E-state index contributed by atoms with van der Waals surface area (Å²) in [5, 5.41) is 15.9. The van der Waals surface area contributed by atoms with Gasteiger partial charge in [0.05, 0.1) is 13.7 Å². The van der Waals surface area contributed by atoms with Gasteiger partial charge < -0.3 is 25.2 Å². The fourth-order valence-electron chi connectivity index (χ4n) is 2.99. The highest BCUT2D eigenvalue weighted by molar-refractivity contribution is 14.0. The van der Waals surface area contributed by atoms with Gasteiger partial charge in [0, 0.05) is 32.8 Å². The average molecular weight is 521 g/mol. The minimum absolute atomic E-state index is 0. The molecule has 0 bridgehead atoms. The van der Waals surface area contributed by atoms with Crippen molar-refractivity contribution in [2.75, 3.05) is 40.0 Å². The largest absolute Gasteiger partial charge is 0.497 e. The number of nitrogens with zero attached hydrogens (tertiary/aromatic N) is 1. The van der Waals surface area contributed by atoms with Crippen LogP contribution in [0.25, 0.3) is 0 Å². The van der Waals surface area contributed by atoms with E-state index in [2.05, 4.69) is 31.4 Å². The first-order chi connectivity index (χ1) is 13.6. The Bertz CT molecular complexity index is 539. The first-order valence-corrected chi connectivity index (χ1v) is 10.4. The van der Waals surface area contributed by atoms with Crippen LogP contribution in [0, 0.1) is 11.8 Å². The Labute approximate surface area is 193 Å². The smallest absolute Gasteiger partial charge is 0.191 e. The van der Waals surface area contributed by atoms with Crippen LogP contribution in [0.1, 0.15) is 45.6 Å². The van der Waals surface area contributed by atoms with Crippen molar-refractivity contribution in [3.05, 3.63) is 29.8 Å². The molecule has 6 nitrogen and oxygen atoms in total. The predicted molar refractivity (Wildman–Crippen MR) is 131 cm³/mol. The Kier molecular flexibility index (Phi) is 17.1. The van der Waals surface area contributed by atoms with Crippen LogP contribution in [0.5, 0.6) is 5.75 Å². The monoisotopic (exact) mass is 521 g/mol. The Morgan fingerprint density at radius 1 is 1.17 bits per heavy atom. The molecule has 1 aromatic rings. The summed E-state index contributed by atoms with van der Waals surface area (Å²) in [7, 11) is 1.67. The Balaban J connectivity index is 0.00000784. The van der Waals surface area contributed by atoms with Crippen LogP contribution in [0.2, 0.25) is 0 Å². The highest BCUT2D eigenvalue weighted by atomic mass is 127. The molecule has 7 heteroatoms. The average Bonchev–Trinajstić information content (AvgIpc) is 2.68. The van der Waals surface area contributed by atoms with Gasteiger partial charge in [0.15, 0.2) is 5.96 Å². The van der Waals surface area contributed by atoms with E-state index in [1.807, 2.05) is 24.3 Å². The highest BCUT2D eigenvalue weighted by Gasteiger charge is 2.10. The number of aliphatic hydroxyl groups excluding tert-OH is 1. The van der Waals surface area contributed by atoms with Crippen LogP contribution < -0.4 is 15.4 Å². The van der Waals surface area contributed by atoms with Gasteiger partial charge in [-0.2, -0.15) is 0 Å². The van der Waals surface area contributed by atoms with Crippen LogP contribution in [-0.4, -0.2) is 51.0 Å². The van der Waals surface area contributed by atoms with Gasteiger partial charge in [-0.3, -0.25) is 4.99 Å². The number of hydrogen-bond donors (Lipinski definition) is 3. The van der Waals surface area contributed by atoms with Gasteiger partial charge in [-0.15, -0.1) is 24.0 Å². The number of hydrogen-bond acceptors (Lipinski definition) is 4. The summed E-state index contributed by atoms with van der Waals surface area (Å²) in [5.41, 5.74) is 1.14. The van der Waals surface area contributed by atoms with E-state index in [-0.39, 0.29) is 30.6 Å². The number of aliphatic imine (C=N–C) groups is 1. The van der Waals surface area contributed by atoms with Crippen LogP contribution in [0.15, 0.2) is 29.3 Å². The van der Waals surface area contributed by atoms with Crippen molar-refractivity contribution >= 4 is 29.9 Å². The minimum atomic E-state index is 0. The van der Waals surface area contributed by atoms with Crippen LogP contribution in [0.3, 0.4) is 0 Å². The predicted octanol–water partition coefficient (Wildman–Crippen LogP) is 3.82. The van der Waals surface area contributed by atoms with E-state index in [0.29, 0.717) is 25.0 Å². The molecule has 0 aliphatic carbocycles. The molecule has 0 saturated carbocycles. The molecule has 0 aliphatic rings. The quantitative estimate of drug-likeness (QED) is 0.150. The van der Waals surface area contributed by atoms with E-state index >= 15 is 0 Å². The van der Waals surface area contributed by atoms with Crippen LogP contribution in [0.4, 0.5) is 0 Å². The maximum absolute atomic E-state index is 9.25. The molecule has 0 amide bonds. The molecule has 0 aliphatic heterocycles. The molecule has 1 atom stereocenters. The number of aliphatic hydroxyl groups is 1. The topological polar surface area (TPSA) is 75.1 Å². The second-order valence-corrected chi connectivity index (χ2v) is 7.41. The van der Waals surface area contributed by atoms with Crippen molar-refractivity contribution in [1.82, 2.24) is 10.6 Å². The SMILES string of the molecule is CCNC(=NCC(CCO)CC(C)C)NCCCOCc1ccc(OC)cc1.I. The van der Waals surface area contributed by atoms with E-state index in [9.17, 15) is 5.11 Å². The number of ether oxygens (including phenoxy) is 2. The Hall–Kier alpha value is -1.06. The lowest BCUT2D eigenvalue weighted by Crippen LogP contribution is -2.38. The second-order valence-electron chi connectivity index (χ2n) is 7.41. The van der Waals surface area contributed by atoms with Gasteiger partial charge in [0.2, 0.25) is 0 Å². The van der Waals surface area contributed by atoms with Gasteiger partial charge in [-0.25, -0.2) is 0 Å². The van der Waals surface area contributed by atoms with Gasteiger partial charge >= 0.3 is 0 Å². The molecule has 1 rings (SSSR count). The number of nitrogens with one attached hydrogen (secondary N) is 2. The summed E-state index contributed by atoms with van der Waals surface area (Å²) < 4.78 is 10.9. The third-order valence-corrected chi connectivity index (χ3v) is 4.38. The highest BCUT2D eigenvalue weighted by Crippen LogP contribution is 2.15. The molecule has 0 radical (unpaired) electrons. The molecule has 168 valence electrons. The van der Waals surface area contributed by atoms with Crippen LogP contribution >= 0.6 is 24.0 Å². The molecule has 0 saturated heterocycles. The third-order valence-electron chi connectivity index (χ3n) is 4.38. The third kappa shape index (κ3) is 13.7. The summed E-state index contributed by atoms with van der Waals surface area (Å²) in [6.07, 6.45) is 2.80. The number of halogens is 1. The number of rotatable bonds is 14. The van der Waals surface area contributed by atoms with E-state index in [1.54, 1.807) is 7.11 Å². The van der Waals surface area contributed by atoms with Crippen molar-refractivity contribution in [2.24, 2.45) is 16.8 Å². The lowest BCUT2D eigenvalue weighted by atomic mass is 9.94. The summed E-state index contributed by atoms with van der Waals surface area (Å²) in [4.78, 5) is 4.70.